The number of aryl methyl sites for hydroxylation is 1. The quantitative estimate of drug-likeness (QED) is 0.286. The second kappa shape index (κ2) is 9.91. The van der Waals surface area contributed by atoms with Gasteiger partial charge < -0.3 is 14.4 Å². The Morgan fingerprint density at radius 1 is 1.09 bits per heavy atom. The zero-order valence-corrected chi connectivity index (χ0v) is 18.8. The van der Waals surface area contributed by atoms with Crippen molar-refractivity contribution in [2.45, 2.75) is 32.4 Å². The smallest absolute Gasteiger partial charge is 0.304 e. The van der Waals surface area contributed by atoms with Gasteiger partial charge in [0.15, 0.2) is 0 Å². The Hall–Kier alpha value is -3.93. The van der Waals surface area contributed by atoms with Gasteiger partial charge in [-0.3, -0.25) is 4.79 Å². The summed E-state index contributed by atoms with van der Waals surface area (Å²) < 4.78 is 36.2. The summed E-state index contributed by atoms with van der Waals surface area (Å²) in [5, 5.41) is 10.0. The standard InChI is InChI=1S/C28H25F2NO3/c1-3-19(15-27(32)33)20-9-11-23(12-10-20)34-17-22-8-7-21-13-14-31(28(21)18(22)2)16-24-25(29)5-4-6-26(24)30/h3-14,19H,1,15-17H2,2H3,(H,32,33)/t19-/m0/s1. The normalized spacial score (nSPS) is 12.0. The number of allylic oxidation sites excluding steroid dienone is 1. The van der Waals surface area contributed by atoms with E-state index < -0.39 is 17.6 Å². The van der Waals surface area contributed by atoms with Crippen molar-refractivity contribution >= 4 is 16.9 Å². The zero-order chi connectivity index (χ0) is 24.2. The van der Waals surface area contributed by atoms with Gasteiger partial charge in [0.2, 0.25) is 0 Å². The highest BCUT2D eigenvalue weighted by Gasteiger charge is 2.14. The Labute approximate surface area is 196 Å². The minimum Gasteiger partial charge on any atom is -0.489 e. The summed E-state index contributed by atoms with van der Waals surface area (Å²) in [6.07, 6.45) is 3.45. The summed E-state index contributed by atoms with van der Waals surface area (Å²) in [7, 11) is 0. The predicted octanol–water partition coefficient (Wildman–Crippen LogP) is 6.60. The van der Waals surface area contributed by atoms with Crippen LogP contribution in [0.1, 0.15) is 34.6 Å². The molecule has 0 aliphatic carbocycles. The lowest BCUT2D eigenvalue weighted by molar-refractivity contribution is -0.137. The Kier molecular flexibility index (Phi) is 6.77. The molecule has 0 aliphatic heterocycles. The number of carboxylic acid groups (broad SMARTS) is 1. The number of aliphatic carboxylic acids is 1. The minimum absolute atomic E-state index is 0.0145. The third-order valence-electron chi connectivity index (χ3n) is 6.07. The fraction of sp³-hybridized carbons (Fsp3) is 0.179. The predicted molar refractivity (Wildman–Crippen MR) is 128 cm³/mol. The Balaban J connectivity index is 1.53. The van der Waals surface area contributed by atoms with Gasteiger partial charge in [-0.15, -0.1) is 6.58 Å². The number of carbonyl (C=O) groups is 1. The maximum atomic E-state index is 14.2. The lowest BCUT2D eigenvalue weighted by Gasteiger charge is -2.14. The van der Waals surface area contributed by atoms with Crippen molar-refractivity contribution < 1.29 is 23.4 Å². The number of halogens is 2. The van der Waals surface area contributed by atoms with Crippen LogP contribution >= 0.6 is 0 Å². The third kappa shape index (κ3) is 4.86. The van der Waals surface area contributed by atoms with E-state index in [9.17, 15) is 13.6 Å². The molecule has 0 radical (unpaired) electrons. The highest BCUT2D eigenvalue weighted by atomic mass is 19.1. The van der Waals surface area contributed by atoms with Gasteiger partial charge in [0.05, 0.1) is 18.5 Å². The molecule has 4 nitrogen and oxygen atoms in total. The molecule has 0 spiro atoms. The topological polar surface area (TPSA) is 51.5 Å². The largest absolute Gasteiger partial charge is 0.489 e. The average Bonchev–Trinajstić information content (AvgIpc) is 3.23. The van der Waals surface area contributed by atoms with E-state index in [1.807, 2.05) is 60.2 Å². The molecule has 1 atom stereocenters. The van der Waals surface area contributed by atoms with Crippen LogP contribution in [0, 0.1) is 18.6 Å². The number of carboxylic acids is 1. The maximum Gasteiger partial charge on any atom is 0.304 e. The van der Waals surface area contributed by atoms with E-state index in [0.29, 0.717) is 12.4 Å². The molecule has 0 aliphatic rings. The molecule has 0 amide bonds. The third-order valence-corrected chi connectivity index (χ3v) is 6.07. The second-order valence-corrected chi connectivity index (χ2v) is 8.23. The van der Waals surface area contributed by atoms with Crippen LogP contribution in [0.3, 0.4) is 0 Å². The monoisotopic (exact) mass is 461 g/mol. The van der Waals surface area contributed by atoms with E-state index in [1.54, 1.807) is 6.08 Å². The molecule has 4 aromatic rings. The van der Waals surface area contributed by atoms with E-state index in [-0.39, 0.29) is 24.4 Å². The van der Waals surface area contributed by atoms with Crippen LogP contribution in [0.2, 0.25) is 0 Å². The second-order valence-electron chi connectivity index (χ2n) is 8.23. The van der Waals surface area contributed by atoms with Gasteiger partial charge >= 0.3 is 5.97 Å². The number of benzene rings is 3. The first-order valence-corrected chi connectivity index (χ1v) is 10.9. The molecule has 3 aromatic carbocycles. The van der Waals surface area contributed by atoms with Gasteiger partial charge in [-0.05, 0) is 59.3 Å². The molecular formula is C28H25F2NO3. The fourth-order valence-corrected chi connectivity index (χ4v) is 4.16. The molecule has 1 aromatic heterocycles. The molecule has 6 heteroatoms. The van der Waals surface area contributed by atoms with Gasteiger partial charge in [-0.25, -0.2) is 8.78 Å². The molecule has 1 heterocycles. The van der Waals surface area contributed by atoms with Gasteiger partial charge in [-0.1, -0.05) is 36.4 Å². The summed E-state index contributed by atoms with van der Waals surface area (Å²) in [4.78, 5) is 11.0. The first kappa shape index (κ1) is 23.2. The van der Waals surface area contributed by atoms with Crippen molar-refractivity contribution in [1.82, 2.24) is 4.57 Å². The minimum atomic E-state index is -0.876. The Morgan fingerprint density at radius 2 is 1.79 bits per heavy atom. The number of hydrogen-bond donors (Lipinski definition) is 1. The van der Waals surface area contributed by atoms with Crippen LogP contribution in [0.15, 0.2) is 79.5 Å². The molecule has 0 saturated carbocycles. The highest BCUT2D eigenvalue weighted by molar-refractivity contribution is 5.84. The van der Waals surface area contributed by atoms with Gasteiger partial charge in [-0.2, -0.15) is 0 Å². The molecule has 0 bridgehead atoms. The van der Waals surface area contributed by atoms with Gasteiger partial charge in [0.25, 0.3) is 0 Å². The molecule has 0 unspecified atom stereocenters. The lowest BCUT2D eigenvalue weighted by Crippen LogP contribution is -2.06. The molecular weight excluding hydrogens is 436 g/mol. The molecule has 0 saturated heterocycles. The van der Waals surface area contributed by atoms with Crippen LogP contribution in [-0.4, -0.2) is 15.6 Å². The van der Waals surface area contributed by atoms with Gasteiger partial charge in [0.1, 0.15) is 24.0 Å². The fourth-order valence-electron chi connectivity index (χ4n) is 4.16. The van der Waals surface area contributed by atoms with E-state index in [2.05, 4.69) is 6.58 Å². The summed E-state index contributed by atoms with van der Waals surface area (Å²) in [5.74, 6) is -1.61. The van der Waals surface area contributed by atoms with Crippen molar-refractivity contribution in [3.05, 3.63) is 113 Å². The van der Waals surface area contributed by atoms with Crippen LogP contribution in [0.4, 0.5) is 8.78 Å². The Bertz CT molecular complexity index is 1320. The summed E-state index contributed by atoms with van der Waals surface area (Å²) in [5.41, 5.74) is 3.73. The Morgan fingerprint density at radius 3 is 2.44 bits per heavy atom. The zero-order valence-electron chi connectivity index (χ0n) is 18.8. The average molecular weight is 462 g/mol. The van der Waals surface area contributed by atoms with Crippen molar-refractivity contribution in [1.29, 1.82) is 0 Å². The van der Waals surface area contributed by atoms with Crippen LogP contribution < -0.4 is 4.74 Å². The highest BCUT2D eigenvalue weighted by Crippen LogP contribution is 2.27. The molecule has 0 fully saturated rings. The van der Waals surface area contributed by atoms with E-state index in [1.165, 1.54) is 18.2 Å². The van der Waals surface area contributed by atoms with E-state index in [4.69, 9.17) is 9.84 Å². The molecule has 34 heavy (non-hydrogen) atoms. The maximum absolute atomic E-state index is 14.2. The first-order chi connectivity index (χ1) is 16.4. The molecule has 174 valence electrons. The van der Waals surface area contributed by atoms with Gasteiger partial charge in [0, 0.05) is 17.7 Å². The summed E-state index contributed by atoms with van der Waals surface area (Å²) in [6, 6.07) is 17.1. The number of ether oxygens (including phenoxy) is 1. The number of aromatic nitrogens is 1. The van der Waals surface area contributed by atoms with Crippen molar-refractivity contribution in [2.75, 3.05) is 0 Å². The molecule has 1 N–H and O–H groups in total. The van der Waals surface area contributed by atoms with Crippen LogP contribution in [0.25, 0.3) is 10.9 Å². The molecule has 4 rings (SSSR count). The van der Waals surface area contributed by atoms with Crippen molar-refractivity contribution in [3.8, 4) is 5.75 Å². The summed E-state index contributed by atoms with van der Waals surface area (Å²) >= 11 is 0. The SMILES string of the molecule is C=C[C@@H](CC(=O)O)c1ccc(OCc2ccc3ccn(Cc4c(F)cccc4F)c3c2C)cc1. The van der Waals surface area contributed by atoms with Crippen LogP contribution in [0.5, 0.6) is 5.75 Å². The van der Waals surface area contributed by atoms with Crippen molar-refractivity contribution in [2.24, 2.45) is 0 Å². The number of rotatable bonds is 9. The van der Waals surface area contributed by atoms with Crippen LogP contribution in [-0.2, 0) is 17.9 Å². The lowest BCUT2D eigenvalue weighted by atomic mass is 9.96. The number of nitrogens with zero attached hydrogens (tertiary/aromatic N) is 1. The number of hydrogen-bond acceptors (Lipinski definition) is 2. The van der Waals surface area contributed by atoms with E-state index in [0.717, 1.165) is 27.6 Å². The summed E-state index contributed by atoms with van der Waals surface area (Å²) in [6.45, 7) is 6.11. The van der Waals surface area contributed by atoms with Crippen molar-refractivity contribution in [3.63, 3.8) is 0 Å². The first-order valence-electron chi connectivity index (χ1n) is 10.9. The number of fused-ring (bicyclic) bond motifs is 1. The van der Waals surface area contributed by atoms with E-state index >= 15 is 0 Å².